The number of hydrogen-bond donors (Lipinski definition) is 0. The molecule has 3 aliphatic rings. The molecule has 3 heterocycles. The molecule has 3 amide bonds. The van der Waals surface area contributed by atoms with E-state index in [0.29, 0.717) is 19.2 Å². The number of benzene rings is 2. The molecule has 5 rings (SSSR count). The first-order valence-electron chi connectivity index (χ1n) is 11.3. The van der Waals surface area contributed by atoms with Gasteiger partial charge in [-0.1, -0.05) is 30.3 Å². The lowest BCUT2D eigenvalue weighted by Gasteiger charge is -2.40. The minimum Gasteiger partial charge on any atom is -0.497 e. The van der Waals surface area contributed by atoms with Gasteiger partial charge in [0.25, 0.3) is 5.91 Å². The van der Waals surface area contributed by atoms with Crippen LogP contribution in [-0.4, -0.2) is 78.7 Å². The maximum atomic E-state index is 13.5. The van der Waals surface area contributed by atoms with Crippen molar-refractivity contribution in [2.45, 2.75) is 19.1 Å². The number of ether oxygens (including phenoxy) is 2. The third-order valence-corrected chi connectivity index (χ3v) is 6.28. The van der Waals surface area contributed by atoms with Crippen molar-refractivity contribution in [3.8, 4) is 5.75 Å². The monoisotopic (exact) mass is 461 g/mol. The van der Waals surface area contributed by atoms with Crippen LogP contribution in [0, 0.1) is 0 Å². The fraction of sp³-hybridized carbons (Fsp3) is 0.320. The van der Waals surface area contributed by atoms with Crippen LogP contribution in [0.15, 0.2) is 65.8 Å². The van der Waals surface area contributed by atoms with E-state index < -0.39 is 12.2 Å². The predicted octanol–water partition coefficient (Wildman–Crippen LogP) is 2.81. The van der Waals surface area contributed by atoms with Crippen LogP contribution in [0.1, 0.15) is 12.5 Å². The maximum Gasteiger partial charge on any atom is 0.328 e. The van der Waals surface area contributed by atoms with Gasteiger partial charge in [-0.25, -0.2) is 9.79 Å². The molecule has 34 heavy (non-hydrogen) atoms. The average molecular weight is 462 g/mol. The molecule has 2 aromatic carbocycles. The Labute approximate surface area is 198 Å². The van der Waals surface area contributed by atoms with Crippen molar-refractivity contribution in [3.63, 3.8) is 0 Å². The number of guanidine groups is 1. The lowest BCUT2D eigenvalue weighted by atomic mass is 10.1. The number of nitrogens with zero attached hydrogens (tertiary/aromatic N) is 5. The lowest BCUT2D eigenvalue weighted by Crippen LogP contribution is -2.64. The largest absolute Gasteiger partial charge is 0.497 e. The van der Waals surface area contributed by atoms with Gasteiger partial charge in [0.2, 0.25) is 5.96 Å². The van der Waals surface area contributed by atoms with Crippen LogP contribution in [-0.2, 0) is 9.53 Å². The molecular weight excluding hydrogens is 434 g/mol. The van der Waals surface area contributed by atoms with E-state index in [1.165, 1.54) is 9.80 Å². The van der Waals surface area contributed by atoms with Crippen molar-refractivity contribution in [1.82, 2.24) is 14.7 Å². The van der Waals surface area contributed by atoms with Crippen molar-refractivity contribution >= 4 is 29.3 Å². The number of amides is 3. The summed E-state index contributed by atoms with van der Waals surface area (Å²) in [6.45, 7) is 2.92. The number of imide groups is 1. The van der Waals surface area contributed by atoms with Crippen molar-refractivity contribution in [1.29, 1.82) is 0 Å². The fourth-order valence-electron chi connectivity index (χ4n) is 4.54. The summed E-state index contributed by atoms with van der Waals surface area (Å²) < 4.78 is 10.7. The number of methoxy groups -OCH3 is 1. The van der Waals surface area contributed by atoms with E-state index >= 15 is 0 Å². The molecule has 1 fully saturated rings. The second-order valence-electron chi connectivity index (χ2n) is 8.19. The Kier molecular flexibility index (Phi) is 5.70. The van der Waals surface area contributed by atoms with E-state index in [2.05, 4.69) is 0 Å². The van der Waals surface area contributed by atoms with Gasteiger partial charge in [-0.05, 0) is 31.2 Å². The summed E-state index contributed by atoms with van der Waals surface area (Å²) >= 11 is 0. The number of urea groups is 1. The van der Waals surface area contributed by atoms with Gasteiger partial charge in [-0.3, -0.25) is 19.5 Å². The molecule has 0 aliphatic carbocycles. The van der Waals surface area contributed by atoms with E-state index in [4.69, 9.17) is 14.5 Å². The fourth-order valence-corrected chi connectivity index (χ4v) is 4.54. The number of fused-ring (bicyclic) bond motifs is 3. The molecule has 0 spiro atoms. The molecule has 176 valence electrons. The van der Waals surface area contributed by atoms with Gasteiger partial charge >= 0.3 is 6.03 Å². The number of rotatable bonds is 7. The highest BCUT2D eigenvalue weighted by Crippen LogP contribution is 2.40. The summed E-state index contributed by atoms with van der Waals surface area (Å²) in [5.41, 5.74) is 2.77. The van der Waals surface area contributed by atoms with Crippen LogP contribution in [0.25, 0.3) is 5.70 Å². The molecule has 3 aliphatic heterocycles. The quantitative estimate of drug-likeness (QED) is 0.590. The normalized spacial score (nSPS) is 21.5. The first-order valence-corrected chi connectivity index (χ1v) is 11.3. The second kappa shape index (κ2) is 8.83. The zero-order valence-corrected chi connectivity index (χ0v) is 19.4. The highest BCUT2D eigenvalue weighted by molar-refractivity contribution is 6.16. The summed E-state index contributed by atoms with van der Waals surface area (Å²) in [6, 6.07) is 16.6. The van der Waals surface area contributed by atoms with Gasteiger partial charge in [0.15, 0.2) is 12.2 Å². The van der Waals surface area contributed by atoms with Gasteiger partial charge in [-0.15, -0.1) is 0 Å². The first kappa shape index (κ1) is 22.0. The molecule has 0 N–H and O–H groups in total. The molecular formula is C25H27N5O4. The van der Waals surface area contributed by atoms with Crippen molar-refractivity contribution < 1.29 is 19.1 Å². The Balaban J connectivity index is 1.54. The number of anilines is 1. The molecule has 1 saturated heterocycles. The van der Waals surface area contributed by atoms with Crippen LogP contribution < -0.4 is 9.64 Å². The predicted molar refractivity (Wildman–Crippen MR) is 128 cm³/mol. The van der Waals surface area contributed by atoms with E-state index in [1.807, 2.05) is 77.5 Å². The standard InChI is InChI=1S/C25H27N5O4/c1-4-34-15-14-28-23(31)21-22(27(2)25(28)32)26-24-29(21)16-20(17-8-6-5-7-9-17)30(24)18-10-12-19(33-3)13-11-18/h5-13,16,21-22H,4,14-15H2,1-3H3. The summed E-state index contributed by atoms with van der Waals surface area (Å²) in [4.78, 5) is 38.0. The minimum absolute atomic E-state index is 0.208. The zero-order valence-electron chi connectivity index (χ0n) is 19.4. The van der Waals surface area contributed by atoms with Gasteiger partial charge < -0.3 is 14.4 Å². The molecule has 9 heteroatoms. The van der Waals surface area contributed by atoms with Crippen molar-refractivity contribution in [3.05, 3.63) is 66.4 Å². The maximum absolute atomic E-state index is 13.5. The number of carbonyl (C=O) groups excluding carboxylic acids is 2. The highest BCUT2D eigenvalue weighted by atomic mass is 16.5. The summed E-state index contributed by atoms with van der Waals surface area (Å²) in [7, 11) is 3.31. The Morgan fingerprint density at radius 2 is 1.76 bits per heavy atom. The van der Waals surface area contributed by atoms with Gasteiger partial charge in [0.05, 0.1) is 26.0 Å². The topological polar surface area (TPSA) is 77.9 Å². The van der Waals surface area contributed by atoms with E-state index in [9.17, 15) is 9.59 Å². The molecule has 2 unspecified atom stereocenters. The SMILES string of the molecule is CCOCCN1C(=O)C2C(N=C3N(c4ccc(OC)cc4)C(c4ccccc4)=CN32)N(C)C1=O. The average Bonchev–Trinajstić information content (AvgIpc) is 3.42. The summed E-state index contributed by atoms with van der Waals surface area (Å²) in [6.07, 6.45) is 1.35. The third-order valence-electron chi connectivity index (χ3n) is 6.28. The Bertz CT molecular complexity index is 1150. The Hall–Kier alpha value is -3.85. The van der Waals surface area contributed by atoms with Crippen molar-refractivity contribution in [2.24, 2.45) is 4.99 Å². The zero-order chi connectivity index (χ0) is 23.8. The minimum atomic E-state index is -0.638. The van der Waals surface area contributed by atoms with Crippen molar-refractivity contribution in [2.75, 3.05) is 38.8 Å². The molecule has 0 saturated carbocycles. The lowest BCUT2D eigenvalue weighted by molar-refractivity contribution is -0.137. The molecule has 9 nitrogen and oxygen atoms in total. The molecule has 0 radical (unpaired) electrons. The van der Waals surface area contributed by atoms with Crippen LogP contribution in [0.2, 0.25) is 0 Å². The van der Waals surface area contributed by atoms with Gasteiger partial charge in [0, 0.05) is 31.1 Å². The second-order valence-corrected chi connectivity index (χ2v) is 8.19. The molecule has 2 aromatic rings. The van der Waals surface area contributed by atoms with E-state index in [0.717, 1.165) is 22.7 Å². The smallest absolute Gasteiger partial charge is 0.328 e. The summed E-state index contributed by atoms with van der Waals surface area (Å²) in [5.74, 6) is 1.09. The van der Waals surface area contributed by atoms with Crippen LogP contribution in [0.4, 0.5) is 10.5 Å². The first-order chi connectivity index (χ1) is 16.5. The molecule has 0 bridgehead atoms. The van der Waals surface area contributed by atoms with Gasteiger partial charge in [-0.2, -0.15) is 0 Å². The molecule has 0 aromatic heterocycles. The van der Waals surface area contributed by atoms with Gasteiger partial charge in [0.1, 0.15) is 5.75 Å². The Morgan fingerprint density at radius 1 is 1.03 bits per heavy atom. The summed E-state index contributed by atoms with van der Waals surface area (Å²) in [5, 5.41) is 0. The third kappa shape index (κ3) is 3.49. The van der Waals surface area contributed by atoms with E-state index in [1.54, 1.807) is 14.2 Å². The van der Waals surface area contributed by atoms with Crippen LogP contribution >= 0.6 is 0 Å². The highest BCUT2D eigenvalue weighted by Gasteiger charge is 2.54. The Morgan fingerprint density at radius 3 is 2.44 bits per heavy atom. The van der Waals surface area contributed by atoms with Crippen LogP contribution in [0.5, 0.6) is 5.75 Å². The number of carbonyl (C=O) groups is 2. The number of hydrogen-bond acceptors (Lipinski definition) is 7. The van der Waals surface area contributed by atoms with E-state index in [-0.39, 0.29) is 18.5 Å². The van der Waals surface area contributed by atoms with Crippen LogP contribution in [0.3, 0.4) is 0 Å². The number of aliphatic imine (C=N–C) groups is 1. The number of likely N-dealkylation sites (N-methyl/N-ethyl adjacent to an activating group) is 1. The molecule has 2 atom stereocenters.